The fraction of sp³-hybridized carbons (Fsp3) is 0.700. The van der Waals surface area contributed by atoms with Crippen LogP contribution in [0.25, 0.3) is 0 Å². The summed E-state index contributed by atoms with van der Waals surface area (Å²) in [5.74, 6) is 5.48. The minimum atomic E-state index is -0.546. The molecule has 3 nitrogen and oxygen atoms in total. The van der Waals surface area contributed by atoms with E-state index in [1.807, 2.05) is 0 Å². The number of carbonyl (C=O) groups excluding carboxylic acids is 1. The Morgan fingerprint density at radius 3 is 2.69 bits per heavy atom. The second-order valence-corrected chi connectivity index (χ2v) is 3.16. The summed E-state index contributed by atoms with van der Waals surface area (Å²) < 4.78 is 5.21. The molecule has 0 spiro atoms. The molecular weight excluding hydrogens is 166 g/mol. The molecule has 1 aliphatic rings. The van der Waals surface area contributed by atoms with Crippen LogP contribution in [0.15, 0.2) is 0 Å². The number of carbonyl (C=O) groups is 1. The average molecular weight is 181 g/mol. The molecule has 0 atom stereocenters. The number of hydrogen-bond acceptors (Lipinski definition) is 2. The Hall–Kier alpha value is -1.01. The summed E-state index contributed by atoms with van der Waals surface area (Å²) in [6.07, 6.45) is 2.73. The Morgan fingerprint density at radius 1 is 1.62 bits per heavy atom. The largest absolute Gasteiger partial charge is 0.368 e. The van der Waals surface area contributed by atoms with E-state index >= 15 is 0 Å². The Labute approximate surface area is 78.8 Å². The van der Waals surface area contributed by atoms with Crippen LogP contribution in [0.3, 0.4) is 0 Å². The lowest BCUT2D eigenvalue weighted by molar-refractivity contribution is -0.153. The molecule has 0 bridgehead atoms. The molecule has 3 heteroatoms. The molecule has 1 aliphatic carbocycles. The van der Waals surface area contributed by atoms with E-state index in [0.717, 1.165) is 19.3 Å². The highest BCUT2D eigenvalue weighted by Gasteiger charge is 2.44. The molecule has 0 aromatic rings. The molecule has 13 heavy (non-hydrogen) atoms. The maximum absolute atomic E-state index is 11.5. The minimum Gasteiger partial charge on any atom is -0.368 e. The summed E-state index contributed by atoms with van der Waals surface area (Å²) >= 11 is 0. The fourth-order valence-electron chi connectivity index (χ4n) is 1.40. The Morgan fingerprint density at radius 2 is 2.31 bits per heavy atom. The molecule has 0 radical (unpaired) electrons. The lowest BCUT2D eigenvalue weighted by Gasteiger charge is -2.38. The maximum atomic E-state index is 11.5. The van der Waals surface area contributed by atoms with Gasteiger partial charge in [0.15, 0.2) is 0 Å². The van der Waals surface area contributed by atoms with Gasteiger partial charge in [-0.15, -0.1) is 5.92 Å². The molecule has 0 heterocycles. The Bertz CT molecular complexity index is 240. The van der Waals surface area contributed by atoms with E-state index in [2.05, 4.69) is 17.2 Å². The molecule has 0 saturated heterocycles. The SMILES string of the molecule is CC#CCNC(=O)C1(OC)CCC1. The van der Waals surface area contributed by atoms with Crippen molar-refractivity contribution in [1.29, 1.82) is 0 Å². The van der Waals surface area contributed by atoms with Crippen LogP contribution in [0.5, 0.6) is 0 Å². The Kier molecular flexibility index (Phi) is 3.32. The number of rotatable bonds is 3. The van der Waals surface area contributed by atoms with Gasteiger partial charge in [-0.25, -0.2) is 0 Å². The summed E-state index contributed by atoms with van der Waals surface area (Å²) in [5.41, 5.74) is -0.546. The molecule has 0 aromatic carbocycles. The number of hydrogen-bond donors (Lipinski definition) is 1. The van der Waals surface area contributed by atoms with Crippen molar-refractivity contribution < 1.29 is 9.53 Å². The summed E-state index contributed by atoms with van der Waals surface area (Å²) in [7, 11) is 1.59. The monoisotopic (exact) mass is 181 g/mol. The highest BCUT2D eigenvalue weighted by molar-refractivity contribution is 5.86. The van der Waals surface area contributed by atoms with Gasteiger partial charge in [0.2, 0.25) is 0 Å². The highest BCUT2D eigenvalue weighted by Crippen LogP contribution is 2.34. The van der Waals surface area contributed by atoms with Gasteiger partial charge >= 0.3 is 0 Å². The number of ether oxygens (including phenoxy) is 1. The van der Waals surface area contributed by atoms with E-state index in [-0.39, 0.29) is 5.91 Å². The molecule has 0 unspecified atom stereocenters. The minimum absolute atomic E-state index is 0.0241. The predicted molar refractivity (Wildman–Crippen MR) is 50.1 cm³/mol. The normalized spacial score (nSPS) is 18.0. The van der Waals surface area contributed by atoms with Crippen LogP contribution < -0.4 is 5.32 Å². The molecule has 1 N–H and O–H groups in total. The Balaban J connectivity index is 2.40. The van der Waals surface area contributed by atoms with E-state index < -0.39 is 5.60 Å². The third-order valence-electron chi connectivity index (χ3n) is 2.48. The molecule has 0 aliphatic heterocycles. The number of nitrogens with one attached hydrogen (secondary N) is 1. The van der Waals surface area contributed by atoms with E-state index in [0.29, 0.717) is 6.54 Å². The number of amides is 1. The maximum Gasteiger partial charge on any atom is 0.252 e. The van der Waals surface area contributed by atoms with Crippen molar-refractivity contribution in [2.45, 2.75) is 31.8 Å². The average Bonchev–Trinajstić information content (AvgIpc) is 2.04. The van der Waals surface area contributed by atoms with E-state index in [4.69, 9.17) is 4.74 Å². The van der Waals surface area contributed by atoms with Crippen LogP contribution in [0.2, 0.25) is 0 Å². The van der Waals surface area contributed by atoms with Crippen LogP contribution in [0.1, 0.15) is 26.2 Å². The van der Waals surface area contributed by atoms with Gasteiger partial charge in [-0.05, 0) is 26.2 Å². The smallest absolute Gasteiger partial charge is 0.252 e. The lowest BCUT2D eigenvalue weighted by atomic mass is 9.79. The lowest BCUT2D eigenvalue weighted by Crippen LogP contribution is -2.53. The molecule has 0 aromatic heterocycles. The van der Waals surface area contributed by atoms with Crippen molar-refractivity contribution in [3.8, 4) is 11.8 Å². The van der Waals surface area contributed by atoms with Crippen LogP contribution >= 0.6 is 0 Å². The topological polar surface area (TPSA) is 38.3 Å². The first-order valence-corrected chi connectivity index (χ1v) is 4.48. The van der Waals surface area contributed by atoms with E-state index in [1.165, 1.54) is 0 Å². The first-order valence-electron chi connectivity index (χ1n) is 4.48. The standard InChI is InChI=1S/C10H15NO2/c1-3-4-8-11-9(12)10(13-2)6-5-7-10/h5-8H2,1-2H3,(H,11,12). The van der Waals surface area contributed by atoms with Gasteiger partial charge in [0.05, 0.1) is 6.54 Å². The van der Waals surface area contributed by atoms with Crippen molar-refractivity contribution >= 4 is 5.91 Å². The zero-order valence-electron chi connectivity index (χ0n) is 8.14. The van der Waals surface area contributed by atoms with Gasteiger partial charge in [0.1, 0.15) is 5.60 Å². The second-order valence-electron chi connectivity index (χ2n) is 3.16. The first kappa shape index (κ1) is 10.1. The van der Waals surface area contributed by atoms with E-state index in [9.17, 15) is 4.79 Å². The third kappa shape index (κ3) is 2.02. The quantitative estimate of drug-likeness (QED) is 0.651. The molecule has 1 saturated carbocycles. The third-order valence-corrected chi connectivity index (χ3v) is 2.48. The molecule has 1 fully saturated rings. The highest BCUT2D eigenvalue weighted by atomic mass is 16.5. The molecule has 72 valence electrons. The van der Waals surface area contributed by atoms with Crippen molar-refractivity contribution in [2.24, 2.45) is 0 Å². The predicted octanol–water partition coefficient (Wildman–Crippen LogP) is 0.695. The fourth-order valence-corrected chi connectivity index (χ4v) is 1.40. The van der Waals surface area contributed by atoms with Crippen molar-refractivity contribution in [1.82, 2.24) is 5.32 Å². The molecular formula is C10H15NO2. The van der Waals surface area contributed by atoms with Crippen LogP contribution in [-0.2, 0) is 9.53 Å². The van der Waals surface area contributed by atoms with Gasteiger partial charge in [-0.1, -0.05) is 5.92 Å². The second kappa shape index (κ2) is 4.29. The summed E-state index contributed by atoms with van der Waals surface area (Å²) in [4.78, 5) is 11.5. The van der Waals surface area contributed by atoms with E-state index in [1.54, 1.807) is 14.0 Å². The zero-order valence-corrected chi connectivity index (χ0v) is 8.14. The van der Waals surface area contributed by atoms with Gasteiger partial charge in [0, 0.05) is 7.11 Å². The van der Waals surface area contributed by atoms with Crippen molar-refractivity contribution in [3.05, 3.63) is 0 Å². The van der Waals surface area contributed by atoms with Gasteiger partial charge < -0.3 is 10.1 Å². The zero-order chi connectivity index (χ0) is 9.73. The first-order chi connectivity index (χ1) is 6.25. The van der Waals surface area contributed by atoms with Crippen LogP contribution in [0, 0.1) is 11.8 Å². The van der Waals surface area contributed by atoms with Crippen molar-refractivity contribution in [2.75, 3.05) is 13.7 Å². The van der Waals surface area contributed by atoms with Gasteiger partial charge in [-0.3, -0.25) is 4.79 Å². The molecule has 1 rings (SSSR count). The summed E-state index contributed by atoms with van der Waals surface area (Å²) in [5, 5.41) is 2.74. The summed E-state index contributed by atoms with van der Waals surface area (Å²) in [6, 6.07) is 0. The van der Waals surface area contributed by atoms with Crippen molar-refractivity contribution in [3.63, 3.8) is 0 Å². The van der Waals surface area contributed by atoms with Crippen LogP contribution in [0.4, 0.5) is 0 Å². The van der Waals surface area contributed by atoms with Gasteiger partial charge in [0.25, 0.3) is 5.91 Å². The summed E-state index contributed by atoms with van der Waals surface area (Å²) in [6.45, 7) is 2.17. The molecule has 1 amide bonds. The van der Waals surface area contributed by atoms with Gasteiger partial charge in [-0.2, -0.15) is 0 Å². The van der Waals surface area contributed by atoms with Crippen LogP contribution in [-0.4, -0.2) is 25.2 Å². The number of methoxy groups -OCH3 is 1.